The first-order chi connectivity index (χ1) is 15.0. The summed E-state index contributed by atoms with van der Waals surface area (Å²) in [4.78, 5) is 49.8. The molecule has 32 heavy (non-hydrogen) atoms. The van der Waals surface area contributed by atoms with Gasteiger partial charge in [0.15, 0.2) is 5.78 Å². The van der Waals surface area contributed by atoms with Crippen molar-refractivity contribution >= 4 is 23.5 Å². The summed E-state index contributed by atoms with van der Waals surface area (Å²) >= 11 is 0. The van der Waals surface area contributed by atoms with Gasteiger partial charge in [-0.25, -0.2) is 0 Å². The van der Waals surface area contributed by atoms with Crippen LogP contribution in [0, 0.1) is 11.8 Å². The van der Waals surface area contributed by atoms with Crippen molar-refractivity contribution in [3.05, 3.63) is 29.3 Å². The second kappa shape index (κ2) is 11.1. The van der Waals surface area contributed by atoms with Crippen molar-refractivity contribution in [1.82, 2.24) is 10.6 Å². The van der Waals surface area contributed by atoms with E-state index in [0.717, 1.165) is 5.56 Å². The van der Waals surface area contributed by atoms with Crippen LogP contribution in [0.4, 0.5) is 0 Å². The molecule has 2 rings (SSSR count). The van der Waals surface area contributed by atoms with Gasteiger partial charge in [0.1, 0.15) is 17.8 Å². The van der Waals surface area contributed by atoms with Crippen molar-refractivity contribution in [3.8, 4) is 5.75 Å². The summed E-state index contributed by atoms with van der Waals surface area (Å²) in [5.74, 6) is -0.686. The molecule has 1 aromatic rings. The number of Topliss-reactive ketones (excluding diaryl/α,β-unsaturated/α-hetero) is 1. The zero-order valence-electron chi connectivity index (χ0n) is 19.6. The minimum absolute atomic E-state index is 0.00471. The number of fused-ring (bicyclic) bond motifs is 1. The number of methoxy groups -OCH3 is 1. The van der Waals surface area contributed by atoms with E-state index < -0.39 is 23.9 Å². The highest BCUT2D eigenvalue weighted by molar-refractivity contribution is 6.02. The van der Waals surface area contributed by atoms with Gasteiger partial charge in [-0.1, -0.05) is 27.7 Å². The molecule has 1 aliphatic rings. The number of primary amides is 1. The van der Waals surface area contributed by atoms with Crippen molar-refractivity contribution in [2.45, 2.75) is 71.4 Å². The third-order valence-electron chi connectivity index (χ3n) is 5.59. The lowest BCUT2D eigenvalue weighted by atomic mass is 9.96. The fourth-order valence-electron chi connectivity index (χ4n) is 4.06. The van der Waals surface area contributed by atoms with Crippen molar-refractivity contribution in [2.75, 3.05) is 7.11 Å². The molecule has 0 fully saturated rings. The Morgan fingerprint density at radius 3 is 2.25 bits per heavy atom. The number of ketones is 1. The van der Waals surface area contributed by atoms with E-state index in [9.17, 15) is 19.2 Å². The van der Waals surface area contributed by atoms with Crippen molar-refractivity contribution in [2.24, 2.45) is 17.6 Å². The summed E-state index contributed by atoms with van der Waals surface area (Å²) in [6, 6.07) is 3.66. The largest absolute Gasteiger partial charge is 0.497 e. The van der Waals surface area contributed by atoms with Crippen LogP contribution in [0.25, 0.3) is 0 Å². The van der Waals surface area contributed by atoms with Gasteiger partial charge in [0, 0.05) is 24.3 Å². The Morgan fingerprint density at radius 1 is 1.06 bits per heavy atom. The van der Waals surface area contributed by atoms with Crippen LogP contribution >= 0.6 is 0 Å². The maximum absolute atomic E-state index is 12.9. The monoisotopic (exact) mass is 445 g/mol. The van der Waals surface area contributed by atoms with Crippen LogP contribution < -0.4 is 21.1 Å². The topological polar surface area (TPSA) is 128 Å². The summed E-state index contributed by atoms with van der Waals surface area (Å²) in [7, 11) is 1.55. The number of amides is 3. The first-order valence-electron chi connectivity index (χ1n) is 11.1. The summed E-state index contributed by atoms with van der Waals surface area (Å²) in [5.41, 5.74) is 6.84. The van der Waals surface area contributed by atoms with E-state index in [-0.39, 0.29) is 42.3 Å². The molecular weight excluding hydrogens is 410 g/mol. The van der Waals surface area contributed by atoms with Gasteiger partial charge in [-0.15, -0.1) is 0 Å². The predicted molar refractivity (Wildman–Crippen MR) is 121 cm³/mol. The molecule has 0 bridgehead atoms. The molecule has 3 atom stereocenters. The van der Waals surface area contributed by atoms with Crippen LogP contribution in [-0.4, -0.2) is 42.7 Å². The summed E-state index contributed by atoms with van der Waals surface area (Å²) in [5, 5.41) is 5.49. The highest BCUT2D eigenvalue weighted by atomic mass is 16.5. The van der Waals surface area contributed by atoms with Gasteiger partial charge < -0.3 is 21.1 Å². The van der Waals surface area contributed by atoms with E-state index in [4.69, 9.17) is 10.5 Å². The van der Waals surface area contributed by atoms with Crippen LogP contribution in [-0.2, 0) is 14.4 Å². The Kier molecular flexibility index (Phi) is 8.80. The van der Waals surface area contributed by atoms with Gasteiger partial charge in [0.2, 0.25) is 17.7 Å². The zero-order chi connectivity index (χ0) is 24.0. The van der Waals surface area contributed by atoms with Crippen LogP contribution in [0.15, 0.2) is 18.2 Å². The highest BCUT2D eigenvalue weighted by Crippen LogP contribution is 2.37. The fourth-order valence-corrected chi connectivity index (χ4v) is 4.06. The molecule has 1 unspecified atom stereocenters. The Labute approximate surface area is 189 Å². The zero-order valence-corrected chi connectivity index (χ0v) is 19.6. The molecule has 0 saturated heterocycles. The Morgan fingerprint density at radius 2 is 1.69 bits per heavy atom. The van der Waals surface area contributed by atoms with E-state index in [2.05, 4.69) is 10.6 Å². The highest BCUT2D eigenvalue weighted by Gasteiger charge is 2.33. The maximum atomic E-state index is 12.9. The van der Waals surface area contributed by atoms with Crippen molar-refractivity contribution in [1.29, 1.82) is 0 Å². The molecule has 0 aromatic heterocycles. The lowest BCUT2D eigenvalue weighted by Gasteiger charge is -2.24. The molecule has 0 radical (unpaired) electrons. The molecule has 4 N–H and O–H groups in total. The standard InChI is InChI=1S/C24H35N3O5/c1-13(2)8-19(23(25)30)27-24(31)20(9-14(3)4)26-22(29)11-15-10-21(28)17-7-6-16(32-5)12-18(15)17/h6-7,12-15,19-20H,8-11H2,1-5H3,(H2,25,30)(H,26,29)(H,27,31)/t15?,19-,20+/m0/s1. The lowest BCUT2D eigenvalue weighted by Crippen LogP contribution is -2.53. The van der Waals surface area contributed by atoms with E-state index in [0.29, 0.717) is 24.2 Å². The molecule has 3 amide bonds. The van der Waals surface area contributed by atoms with Crippen LogP contribution in [0.1, 0.15) is 75.2 Å². The van der Waals surface area contributed by atoms with Gasteiger partial charge in [-0.2, -0.15) is 0 Å². The summed E-state index contributed by atoms with van der Waals surface area (Å²) in [6.07, 6.45) is 1.17. The predicted octanol–water partition coefficient (Wildman–Crippen LogP) is 2.30. The molecule has 0 heterocycles. The normalized spacial score (nSPS) is 17.1. The summed E-state index contributed by atoms with van der Waals surface area (Å²) in [6.45, 7) is 7.77. The molecule has 8 heteroatoms. The van der Waals surface area contributed by atoms with E-state index in [1.54, 1.807) is 25.3 Å². The van der Waals surface area contributed by atoms with Gasteiger partial charge in [-0.3, -0.25) is 19.2 Å². The minimum atomic E-state index is -0.793. The van der Waals surface area contributed by atoms with Crippen molar-refractivity contribution < 1.29 is 23.9 Å². The Bertz CT molecular complexity index is 865. The SMILES string of the molecule is COc1ccc2c(c1)C(CC(=O)N[C@H](CC(C)C)C(=O)N[C@@H](CC(C)C)C(N)=O)CC2=O. The number of rotatable bonds is 11. The van der Waals surface area contributed by atoms with E-state index in [1.165, 1.54) is 0 Å². The molecule has 8 nitrogen and oxygen atoms in total. The second-order valence-corrected chi connectivity index (χ2v) is 9.32. The van der Waals surface area contributed by atoms with Gasteiger partial charge in [0.25, 0.3) is 0 Å². The number of carbonyl (C=O) groups excluding carboxylic acids is 4. The number of nitrogens with one attached hydrogen (secondary N) is 2. The van der Waals surface area contributed by atoms with Gasteiger partial charge in [-0.05, 0) is 48.4 Å². The first kappa shape index (κ1) is 25.4. The first-order valence-corrected chi connectivity index (χ1v) is 11.1. The molecule has 1 aliphatic carbocycles. The van der Waals surface area contributed by atoms with Crippen LogP contribution in [0.5, 0.6) is 5.75 Å². The van der Waals surface area contributed by atoms with Gasteiger partial charge in [0.05, 0.1) is 7.11 Å². The number of benzene rings is 1. The van der Waals surface area contributed by atoms with Crippen LogP contribution in [0.3, 0.4) is 0 Å². The quantitative estimate of drug-likeness (QED) is 0.482. The molecular formula is C24H35N3O5. The molecule has 0 aliphatic heterocycles. The average molecular weight is 446 g/mol. The average Bonchev–Trinajstić information content (AvgIpc) is 3.00. The third-order valence-corrected chi connectivity index (χ3v) is 5.59. The number of ether oxygens (including phenoxy) is 1. The smallest absolute Gasteiger partial charge is 0.243 e. The van der Waals surface area contributed by atoms with Crippen molar-refractivity contribution in [3.63, 3.8) is 0 Å². The number of hydrogen-bond acceptors (Lipinski definition) is 5. The number of carbonyl (C=O) groups is 4. The summed E-state index contributed by atoms with van der Waals surface area (Å²) < 4.78 is 5.25. The lowest BCUT2D eigenvalue weighted by molar-refractivity contribution is -0.132. The van der Waals surface area contributed by atoms with Crippen LogP contribution in [0.2, 0.25) is 0 Å². The van der Waals surface area contributed by atoms with E-state index in [1.807, 2.05) is 27.7 Å². The molecule has 176 valence electrons. The Balaban J connectivity index is 2.09. The fraction of sp³-hybridized carbons (Fsp3) is 0.583. The number of nitrogens with two attached hydrogens (primary N) is 1. The third kappa shape index (κ3) is 6.80. The Hall–Kier alpha value is -2.90. The van der Waals surface area contributed by atoms with E-state index >= 15 is 0 Å². The van der Waals surface area contributed by atoms with Gasteiger partial charge >= 0.3 is 0 Å². The molecule has 0 spiro atoms. The molecule has 0 saturated carbocycles. The minimum Gasteiger partial charge on any atom is -0.497 e. The number of hydrogen-bond donors (Lipinski definition) is 3. The second-order valence-electron chi connectivity index (χ2n) is 9.32. The maximum Gasteiger partial charge on any atom is 0.243 e. The molecule has 1 aromatic carbocycles.